The van der Waals surface area contributed by atoms with Gasteiger partial charge in [-0.1, -0.05) is 6.92 Å². The van der Waals surface area contributed by atoms with Crippen molar-refractivity contribution in [2.24, 2.45) is 5.92 Å². The predicted molar refractivity (Wildman–Crippen MR) is 132 cm³/mol. The van der Waals surface area contributed by atoms with Crippen molar-refractivity contribution in [2.75, 3.05) is 38.3 Å². The van der Waals surface area contributed by atoms with E-state index < -0.39 is 22.2 Å². The Kier molecular flexibility index (Phi) is 8.47. The fraction of sp³-hybridized carbons (Fsp3) is 0.458. The molecule has 3 atom stereocenters. The summed E-state index contributed by atoms with van der Waals surface area (Å²) in [7, 11) is -1.96. The van der Waals surface area contributed by atoms with Crippen LogP contribution in [0.3, 0.4) is 0 Å². The highest BCUT2D eigenvalue weighted by Crippen LogP contribution is 2.29. The number of nitrogens with one attached hydrogen (secondary N) is 1. The summed E-state index contributed by atoms with van der Waals surface area (Å²) >= 11 is 0. The zero-order valence-corrected chi connectivity index (χ0v) is 21.2. The standard InChI is InChI=1S/C24H32N4O6S/c1-16-13-28(17(2)15-29)23(30)12-19-11-20(26-24(31)18-7-9-25-10-8-18)5-6-21(19)34-22(16)14-27(3)35(4,32)33/h5-11,16-17,22,29H,12-15H2,1-4H3,(H,26,31)/t16-,17+,22-/m0/s1. The Bertz CT molecular complexity index is 1160. The number of hydrogen-bond acceptors (Lipinski definition) is 7. The van der Waals surface area contributed by atoms with E-state index in [0.717, 1.165) is 6.26 Å². The molecule has 1 aliphatic rings. The minimum Gasteiger partial charge on any atom is -0.488 e. The zero-order chi connectivity index (χ0) is 25.8. The number of benzene rings is 1. The quantitative estimate of drug-likeness (QED) is 0.583. The van der Waals surface area contributed by atoms with Gasteiger partial charge in [0.25, 0.3) is 5.91 Å². The van der Waals surface area contributed by atoms with E-state index in [9.17, 15) is 23.1 Å². The number of carbonyl (C=O) groups excluding carboxylic acids is 2. The second kappa shape index (κ2) is 11.1. The highest BCUT2D eigenvalue weighted by Gasteiger charge is 2.32. The summed E-state index contributed by atoms with van der Waals surface area (Å²) in [6.07, 6.45) is 3.63. The van der Waals surface area contributed by atoms with Crippen molar-refractivity contribution >= 4 is 27.5 Å². The van der Waals surface area contributed by atoms with Crippen LogP contribution in [-0.4, -0.2) is 84.7 Å². The molecule has 1 aromatic heterocycles. The smallest absolute Gasteiger partial charge is 0.255 e. The lowest BCUT2D eigenvalue weighted by atomic mass is 10.0. The molecule has 0 spiro atoms. The van der Waals surface area contributed by atoms with Crippen LogP contribution in [0.1, 0.15) is 29.8 Å². The van der Waals surface area contributed by atoms with Crippen LogP contribution < -0.4 is 10.1 Å². The lowest BCUT2D eigenvalue weighted by Crippen LogP contribution is -2.48. The van der Waals surface area contributed by atoms with E-state index >= 15 is 0 Å². The summed E-state index contributed by atoms with van der Waals surface area (Å²) in [5, 5.41) is 12.5. The van der Waals surface area contributed by atoms with Crippen molar-refractivity contribution < 1.29 is 27.9 Å². The summed E-state index contributed by atoms with van der Waals surface area (Å²) in [6.45, 7) is 3.83. The summed E-state index contributed by atoms with van der Waals surface area (Å²) in [4.78, 5) is 31.3. The molecule has 0 unspecified atom stereocenters. The molecule has 10 nitrogen and oxygen atoms in total. The molecule has 0 saturated carbocycles. The van der Waals surface area contributed by atoms with Crippen LogP contribution in [0.4, 0.5) is 5.69 Å². The maximum atomic E-state index is 13.2. The number of aliphatic hydroxyl groups is 1. The van der Waals surface area contributed by atoms with Crippen molar-refractivity contribution in [3.8, 4) is 5.75 Å². The number of aromatic nitrogens is 1. The van der Waals surface area contributed by atoms with E-state index in [4.69, 9.17) is 4.74 Å². The van der Waals surface area contributed by atoms with Gasteiger partial charge in [-0.25, -0.2) is 12.7 Å². The number of nitrogens with zero attached hydrogens (tertiary/aromatic N) is 3. The Hall–Kier alpha value is -3.02. The van der Waals surface area contributed by atoms with Gasteiger partial charge in [0.1, 0.15) is 11.9 Å². The zero-order valence-electron chi connectivity index (χ0n) is 20.3. The number of anilines is 1. The van der Waals surface area contributed by atoms with Crippen molar-refractivity contribution in [3.05, 3.63) is 53.9 Å². The first-order valence-corrected chi connectivity index (χ1v) is 13.2. The third-order valence-corrected chi connectivity index (χ3v) is 7.40. The van der Waals surface area contributed by atoms with E-state index in [2.05, 4.69) is 10.3 Å². The van der Waals surface area contributed by atoms with Crippen molar-refractivity contribution in [1.82, 2.24) is 14.2 Å². The highest BCUT2D eigenvalue weighted by molar-refractivity contribution is 7.88. The molecule has 35 heavy (non-hydrogen) atoms. The SMILES string of the molecule is C[C@H](CO)N1C[C@H](C)[C@H](CN(C)S(C)(=O)=O)Oc2ccc(NC(=O)c3ccncc3)cc2CC1=O. The summed E-state index contributed by atoms with van der Waals surface area (Å²) < 4.78 is 31.6. The molecule has 1 aromatic carbocycles. The Morgan fingerprint density at radius 1 is 1.31 bits per heavy atom. The molecular weight excluding hydrogens is 472 g/mol. The monoisotopic (exact) mass is 504 g/mol. The van der Waals surface area contributed by atoms with Gasteiger partial charge >= 0.3 is 0 Å². The molecule has 0 bridgehead atoms. The number of ether oxygens (including phenoxy) is 1. The molecule has 0 saturated heterocycles. The van der Waals surface area contributed by atoms with Gasteiger partial charge in [-0.15, -0.1) is 0 Å². The number of sulfonamides is 1. The van der Waals surface area contributed by atoms with Crippen molar-refractivity contribution in [3.63, 3.8) is 0 Å². The van der Waals surface area contributed by atoms with Gasteiger partial charge in [0, 0.05) is 48.7 Å². The van der Waals surface area contributed by atoms with Gasteiger partial charge in [-0.2, -0.15) is 0 Å². The Morgan fingerprint density at radius 3 is 2.63 bits per heavy atom. The second-order valence-corrected chi connectivity index (χ2v) is 11.0. The Morgan fingerprint density at radius 2 is 2.00 bits per heavy atom. The van der Waals surface area contributed by atoms with Crippen LogP contribution in [0.25, 0.3) is 0 Å². The number of rotatable bonds is 7. The number of amides is 2. The number of likely N-dealkylation sites (N-methyl/N-ethyl adjacent to an activating group) is 1. The van der Waals surface area contributed by atoms with Gasteiger partial charge in [0.15, 0.2) is 0 Å². The fourth-order valence-corrected chi connectivity index (χ4v) is 4.24. The van der Waals surface area contributed by atoms with Crippen molar-refractivity contribution in [1.29, 1.82) is 0 Å². The molecular formula is C24H32N4O6S. The highest BCUT2D eigenvalue weighted by atomic mass is 32.2. The maximum absolute atomic E-state index is 13.2. The molecule has 0 radical (unpaired) electrons. The average molecular weight is 505 g/mol. The Labute approximate surface area is 206 Å². The first-order chi connectivity index (χ1) is 16.5. The normalized spacial score (nSPS) is 19.7. The van der Waals surface area contributed by atoms with E-state index in [0.29, 0.717) is 29.1 Å². The largest absolute Gasteiger partial charge is 0.488 e. The molecule has 11 heteroatoms. The predicted octanol–water partition coefficient (Wildman–Crippen LogP) is 1.37. The Balaban J connectivity index is 1.96. The first kappa shape index (κ1) is 26.6. The first-order valence-electron chi connectivity index (χ1n) is 11.3. The molecule has 0 fully saturated rings. The van der Waals surface area contributed by atoms with Gasteiger partial charge in [0.2, 0.25) is 15.9 Å². The van der Waals surface area contributed by atoms with E-state index in [1.54, 1.807) is 42.2 Å². The van der Waals surface area contributed by atoms with E-state index in [-0.39, 0.29) is 37.3 Å². The molecule has 190 valence electrons. The molecule has 2 N–H and O–H groups in total. The molecule has 0 aliphatic carbocycles. The topological polar surface area (TPSA) is 129 Å². The van der Waals surface area contributed by atoms with Crippen LogP contribution in [0, 0.1) is 5.92 Å². The lowest BCUT2D eigenvalue weighted by Gasteiger charge is -2.33. The van der Waals surface area contributed by atoms with Crippen LogP contribution in [-0.2, 0) is 21.2 Å². The van der Waals surface area contributed by atoms with E-state index in [1.807, 2.05) is 6.92 Å². The molecule has 3 rings (SSSR count). The number of carbonyl (C=O) groups is 2. The van der Waals surface area contributed by atoms with Gasteiger partial charge in [-0.3, -0.25) is 14.6 Å². The second-order valence-electron chi connectivity index (χ2n) is 8.94. The minimum absolute atomic E-state index is 0.00000350. The molecule has 2 aromatic rings. The molecule has 2 amide bonds. The van der Waals surface area contributed by atoms with Crippen LogP contribution >= 0.6 is 0 Å². The number of fused-ring (bicyclic) bond motifs is 1. The average Bonchev–Trinajstić information content (AvgIpc) is 2.86. The maximum Gasteiger partial charge on any atom is 0.255 e. The number of pyridine rings is 1. The van der Waals surface area contributed by atoms with Gasteiger partial charge in [0.05, 0.1) is 31.9 Å². The fourth-order valence-electron chi connectivity index (χ4n) is 3.82. The summed E-state index contributed by atoms with van der Waals surface area (Å²) in [5.41, 5.74) is 1.48. The van der Waals surface area contributed by atoms with Crippen LogP contribution in [0.15, 0.2) is 42.7 Å². The van der Waals surface area contributed by atoms with Crippen LogP contribution in [0.2, 0.25) is 0 Å². The molecule has 1 aliphatic heterocycles. The van der Waals surface area contributed by atoms with Crippen LogP contribution in [0.5, 0.6) is 5.75 Å². The van der Waals surface area contributed by atoms with Crippen molar-refractivity contribution in [2.45, 2.75) is 32.4 Å². The third-order valence-electron chi connectivity index (χ3n) is 6.12. The van der Waals surface area contributed by atoms with E-state index in [1.165, 1.54) is 23.7 Å². The van der Waals surface area contributed by atoms with Gasteiger partial charge in [-0.05, 0) is 37.3 Å². The number of hydrogen-bond donors (Lipinski definition) is 2. The van der Waals surface area contributed by atoms with Gasteiger partial charge < -0.3 is 20.1 Å². The minimum atomic E-state index is -3.44. The number of aliphatic hydroxyl groups excluding tert-OH is 1. The summed E-state index contributed by atoms with van der Waals surface area (Å²) in [6, 6.07) is 7.80. The third kappa shape index (κ3) is 6.77. The lowest BCUT2D eigenvalue weighted by molar-refractivity contribution is -0.134. The summed E-state index contributed by atoms with van der Waals surface area (Å²) in [5.74, 6) is -0.302. The molecule has 2 heterocycles.